The molecule has 1 aliphatic heterocycles. The topological polar surface area (TPSA) is 78.8 Å². The summed E-state index contributed by atoms with van der Waals surface area (Å²) in [5.74, 6) is -0.355. The van der Waals surface area contributed by atoms with Crippen LogP contribution in [0, 0.1) is 0 Å². The van der Waals surface area contributed by atoms with Crippen LogP contribution in [0.1, 0.15) is 37.0 Å². The van der Waals surface area contributed by atoms with Gasteiger partial charge in [-0.1, -0.05) is 25.3 Å². The van der Waals surface area contributed by atoms with E-state index in [1.54, 1.807) is 12.1 Å². The molecule has 1 N–H and O–H groups in total. The van der Waals surface area contributed by atoms with Crippen molar-refractivity contribution < 1.29 is 13.2 Å². The van der Waals surface area contributed by atoms with E-state index >= 15 is 0 Å². The van der Waals surface area contributed by atoms with Crippen molar-refractivity contribution in [2.45, 2.75) is 38.1 Å². The summed E-state index contributed by atoms with van der Waals surface area (Å²) < 4.78 is 29.2. The van der Waals surface area contributed by atoms with Crippen LogP contribution in [-0.2, 0) is 15.0 Å². The second-order valence-electron chi connectivity index (χ2n) is 5.74. The van der Waals surface area contributed by atoms with Gasteiger partial charge in [0, 0.05) is 13.1 Å². The summed E-state index contributed by atoms with van der Waals surface area (Å²) in [6, 6.07) is 3.73. The van der Waals surface area contributed by atoms with Crippen LogP contribution in [0.15, 0.2) is 33.7 Å². The molecule has 23 heavy (non-hydrogen) atoms. The predicted molar refractivity (Wildman–Crippen MR) is 90.6 cm³/mol. The molecule has 3 rings (SSSR count). The van der Waals surface area contributed by atoms with Gasteiger partial charge in [-0.05, 0) is 30.4 Å². The van der Waals surface area contributed by atoms with Crippen molar-refractivity contribution in [3.8, 4) is 0 Å². The lowest BCUT2D eigenvalue weighted by Crippen LogP contribution is -2.43. The third kappa shape index (κ3) is 3.48. The second-order valence-corrected chi connectivity index (χ2v) is 8.31. The van der Waals surface area contributed by atoms with Gasteiger partial charge in [0.05, 0.1) is 10.6 Å². The minimum atomic E-state index is -3.87. The van der Waals surface area contributed by atoms with Crippen LogP contribution in [0.4, 0.5) is 0 Å². The molecule has 2 heterocycles. The van der Waals surface area contributed by atoms with Crippen molar-refractivity contribution in [2.24, 2.45) is 4.40 Å². The Morgan fingerprint density at radius 1 is 1.35 bits per heavy atom. The molecule has 0 radical (unpaired) electrons. The molecular weight excluding hydrogens is 334 g/mol. The molecule has 1 fully saturated rings. The molecule has 1 amide bonds. The van der Waals surface area contributed by atoms with Gasteiger partial charge in [-0.3, -0.25) is 4.79 Å². The Hall–Kier alpha value is -1.67. The molecule has 6 nitrogen and oxygen atoms in total. The monoisotopic (exact) mass is 353 g/mol. The fourth-order valence-electron chi connectivity index (χ4n) is 2.81. The maximum Gasteiger partial charge on any atom is 0.345 e. The molecule has 0 spiro atoms. The average molecular weight is 353 g/mol. The lowest BCUT2D eigenvalue weighted by Gasteiger charge is -2.27. The zero-order valence-corrected chi connectivity index (χ0v) is 14.5. The van der Waals surface area contributed by atoms with Crippen LogP contribution in [0.25, 0.3) is 0 Å². The van der Waals surface area contributed by atoms with E-state index in [0.717, 1.165) is 34.9 Å². The van der Waals surface area contributed by atoms with Crippen molar-refractivity contribution in [1.82, 2.24) is 9.62 Å². The molecule has 0 bridgehead atoms. The van der Waals surface area contributed by atoms with E-state index in [4.69, 9.17) is 0 Å². The Morgan fingerprint density at radius 2 is 2.09 bits per heavy atom. The van der Waals surface area contributed by atoms with Crippen LogP contribution in [0.3, 0.4) is 0 Å². The van der Waals surface area contributed by atoms with E-state index in [0.29, 0.717) is 5.71 Å². The number of amides is 1. The number of rotatable bonds is 3. The first kappa shape index (κ1) is 16.2. The molecule has 1 aliphatic carbocycles. The van der Waals surface area contributed by atoms with Gasteiger partial charge in [-0.2, -0.15) is 8.42 Å². The number of nitrogens with one attached hydrogen (secondary N) is 1. The number of allylic oxidation sites excluding steroid dienone is 1. The third-order valence-electron chi connectivity index (χ3n) is 4.12. The highest BCUT2D eigenvalue weighted by Gasteiger charge is 2.31. The summed E-state index contributed by atoms with van der Waals surface area (Å²) in [5, 5.41) is 4.80. The maximum atomic E-state index is 12.5. The Morgan fingerprint density at radius 3 is 2.74 bits per heavy atom. The molecule has 0 aromatic carbocycles. The zero-order chi connectivity index (χ0) is 16.4. The summed E-state index contributed by atoms with van der Waals surface area (Å²) in [6.45, 7) is 0. The van der Waals surface area contributed by atoms with Crippen molar-refractivity contribution in [1.29, 1.82) is 0 Å². The van der Waals surface area contributed by atoms with Crippen molar-refractivity contribution in [3.63, 3.8) is 0 Å². The molecule has 124 valence electrons. The first-order chi connectivity index (χ1) is 11.0. The van der Waals surface area contributed by atoms with Gasteiger partial charge in [0.2, 0.25) is 0 Å². The molecule has 1 aromatic rings. The highest BCUT2D eigenvalue weighted by molar-refractivity contribution is 7.88. The number of carbonyl (C=O) groups excluding carboxylic acids is 1. The number of hydrogen-bond acceptors (Lipinski definition) is 4. The summed E-state index contributed by atoms with van der Waals surface area (Å²) in [7, 11) is -2.52. The molecule has 1 aromatic heterocycles. The van der Waals surface area contributed by atoms with Gasteiger partial charge < -0.3 is 5.32 Å². The summed E-state index contributed by atoms with van der Waals surface area (Å²) in [4.78, 5) is 13.3. The van der Waals surface area contributed by atoms with E-state index in [1.165, 1.54) is 24.8 Å². The quantitative estimate of drug-likeness (QED) is 0.903. The SMILES string of the molecule is CN1C(C(=O)NC2CCCCC2)=CC(c2cccs2)=NS1(=O)=O. The van der Waals surface area contributed by atoms with Crippen LogP contribution < -0.4 is 5.32 Å². The van der Waals surface area contributed by atoms with E-state index in [9.17, 15) is 13.2 Å². The van der Waals surface area contributed by atoms with Gasteiger partial charge >= 0.3 is 10.2 Å². The number of hydrogen-bond donors (Lipinski definition) is 1. The van der Waals surface area contributed by atoms with Gasteiger partial charge in [0.25, 0.3) is 5.91 Å². The van der Waals surface area contributed by atoms with Gasteiger partial charge in [-0.25, -0.2) is 4.31 Å². The largest absolute Gasteiger partial charge is 0.348 e. The minimum Gasteiger partial charge on any atom is -0.348 e. The van der Waals surface area contributed by atoms with Crippen LogP contribution >= 0.6 is 11.3 Å². The van der Waals surface area contributed by atoms with E-state index < -0.39 is 10.2 Å². The number of likely N-dealkylation sites (N-methyl/N-ethyl adjacent to an activating group) is 1. The number of thiophene rings is 1. The van der Waals surface area contributed by atoms with Crippen molar-refractivity contribution >= 4 is 33.2 Å². The van der Waals surface area contributed by atoms with Crippen molar-refractivity contribution in [3.05, 3.63) is 34.2 Å². The van der Waals surface area contributed by atoms with E-state index in [1.807, 2.05) is 11.4 Å². The molecule has 0 atom stereocenters. The van der Waals surface area contributed by atoms with E-state index in [2.05, 4.69) is 9.71 Å². The Balaban J connectivity index is 1.86. The minimum absolute atomic E-state index is 0.119. The lowest BCUT2D eigenvalue weighted by atomic mass is 9.95. The Kier molecular flexibility index (Phi) is 4.54. The summed E-state index contributed by atoms with van der Waals surface area (Å²) in [5.41, 5.74) is 0.431. The fourth-order valence-corrected chi connectivity index (χ4v) is 4.46. The Labute approximate surface area is 140 Å². The molecule has 8 heteroatoms. The third-order valence-corrected chi connectivity index (χ3v) is 6.33. The van der Waals surface area contributed by atoms with Gasteiger partial charge in [-0.15, -0.1) is 15.7 Å². The first-order valence-corrected chi connectivity index (χ1v) is 9.90. The molecular formula is C15H19N3O3S2. The first-order valence-electron chi connectivity index (χ1n) is 7.62. The normalized spacial score (nSPS) is 21.5. The zero-order valence-electron chi connectivity index (χ0n) is 12.9. The standard InChI is InChI=1S/C15H19N3O3S2/c1-18-13(15(19)16-11-6-3-2-4-7-11)10-12(17-23(18,20)21)14-8-5-9-22-14/h5,8-11H,2-4,6-7H2,1H3,(H,16,19). The van der Waals surface area contributed by atoms with Crippen molar-refractivity contribution in [2.75, 3.05) is 7.05 Å². The fraction of sp³-hybridized carbons (Fsp3) is 0.467. The van der Waals surface area contributed by atoms with Crippen LogP contribution in [-0.4, -0.2) is 37.4 Å². The molecule has 0 unspecified atom stereocenters. The highest BCUT2D eigenvalue weighted by atomic mass is 32.2. The average Bonchev–Trinajstić information content (AvgIpc) is 3.05. The Bertz CT molecular complexity index is 745. The summed E-state index contributed by atoms with van der Waals surface area (Å²) >= 11 is 1.39. The van der Waals surface area contributed by atoms with E-state index in [-0.39, 0.29) is 17.6 Å². The molecule has 1 saturated carbocycles. The van der Waals surface area contributed by atoms with Gasteiger partial charge in [0.1, 0.15) is 5.70 Å². The molecule has 0 saturated heterocycles. The van der Waals surface area contributed by atoms with Gasteiger partial charge in [0.15, 0.2) is 0 Å². The lowest BCUT2D eigenvalue weighted by molar-refractivity contribution is -0.119. The second kappa shape index (κ2) is 6.45. The smallest absolute Gasteiger partial charge is 0.345 e. The van der Waals surface area contributed by atoms with Crippen LogP contribution in [0.5, 0.6) is 0 Å². The highest BCUT2D eigenvalue weighted by Crippen LogP contribution is 2.23. The molecule has 2 aliphatic rings. The summed E-state index contributed by atoms with van der Waals surface area (Å²) in [6.07, 6.45) is 6.83. The number of carbonyl (C=O) groups is 1. The number of nitrogens with zero attached hydrogens (tertiary/aromatic N) is 2. The maximum absolute atomic E-state index is 12.5. The van der Waals surface area contributed by atoms with Crippen LogP contribution in [0.2, 0.25) is 0 Å². The predicted octanol–water partition coefficient (Wildman–Crippen LogP) is 2.06.